The van der Waals surface area contributed by atoms with Crippen molar-refractivity contribution in [3.8, 4) is 0 Å². The topological polar surface area (TPSA) is 24.5 Å². The molecule has 0 saturated carbocycles. The molecule has 0 fully saturated rings. The van der Waals surface area contributed by atoms with Crippen LogP contribution in [0.25, 0.3) is 0 Å². The van der Waals surface area contributed by atoms with Gasteiger partial charge >= 0.3 is 0 Å². The molecule has 0 saturated heterocycles. The van der Waals surface area contributed by atoms with Crippen LogP contribution < -0.4 is 5.32 Å². The lowest BCUT2D eigenvalue weighted by atomic mass is 9.94. The van der Waals surface area contributed by atoms with Crippen molar-refractivity contribution in [2.45, 2.75) is 60.4 Å². The van der Waals surface area contributed by atoms with E-state index < -0.39 is 0 Å². The molecule has 1 aromatic carbocycles. The summed E-state index contributed by atoms with van der Waals surface area (Å²) in [6.45, 7) is 23.8. The van der Waals surface area contributed by atoms with E-state index in [1.165, 1.54) is 16.0 Å². The highest BCUT2D eigenvalue weighted by atomic mass is 32.2. The van der Waals surface area contributed by atoms with Gasteiger partial charge in [0.05, 0.1) is 0 Å². The summed E-state index contributed by atoms with van der Waals surface area (Å²) in [5.74, 6) is 1.59. The minimum absolute atomic E-state index is 0.201. The first-order valence-electron chi connectivity index (χ1n) is 12.5. The largest absolute Gasteiger partial charge is 0.475 e. The van der Waals surface area contributed by atoms with Crippen molar-refractivity contribution in [3.63, 3.8) is 0 Å². The Labute approximate surface area is 213 Å². The molecule has 188 valence electrons. The Morgan fingerprint density at radius 1 is 1.15 bits per heavy atom. The summed E-state index contributed by atoms with van der Waals surface area (Å²) >= 11 is 1.79. The third-order valence-corrected chi connectivity index (χ3v) is 6.69. The van der Waals surface area contributed by atoms with Crippen molar-refractivity contribution in [2.24, 2.45) is 11.8 Å². The summed E-state index contributed by atoms with van der Waals surface area (Å²) in [7, 11) is 0. The van der Waals surface area contributed by atoms with Crippen LogP contribution in [0, 0.1) is 11.8 Å². The van der Waals surface area contributed by atoms with E-state index >= 15 is 0 Å². The number of hydrogen-bond donors (Lipinski definition) is 1. The van der Waals surface area contributed by atoms with Crippen LogP contribution >= 0.6 is 11.9 Å². The van der Waals surface area contributed by atoms with E-state index in [0.717, 1.165) is 25.9 Å². The molecule has 1 N–H and O–H groups in total. The summed E-state index contributed by atoms with van der Waals surface area (Å²) < 4.78 is 8.49. The molecule has 4 heteroatoms. The lowest BCUT2D eigenvalue weighted by molar-refractivity contribution is 0.190. The second-order valence-corrected chi connectivity index (χ2v) is 10.2. The number of allylic oxidation sites excluding steroid dienone is 5. The van der Waals surface area contributed by atoms with Crippen molar-refractivity contribution >= 4 is 11.9 Å². The van der Waals surface area contributed by atoms with Crippen molar-refractivity contribution in [3.05, 3.63) is 95.8 Å². The monoisotopic (exact) mass is 482 g/mol. The van der Waals surface area contributed by atoms with Gasteiger partial charge in [0.25, 0.3) is 0 Å². The van der Waals surface area contributed by atoms with Gasteiger partial charge in [-0.1, -0.05) is 95.0 Å². The fourth-order valence-electron chi connectivity index (χ4n) is 3.55. The quantitative estimate of drug-likeness (QED) is 0.138. The molecule has 34 heavy (non-hydrogen) atoms. The summed E-state index contributed by atoms with van der Waals surface area (Å²) in [6, 6.07) is 10.9. The summed E-state index contributed by atoms with van der Waals surface area (Å²) in [5.41, 5.74) is 2.56. The van der Waals surface area contributed by atoms with Gasteiger partial charge < -0.3 is 10.1 Å². The highest BCUT2D eigenvalue weighted by Gasteiger charge is 2.23. The molecule has 0 spiro atoms. The van der Waals surface area contributed by atoms with E-state index in [9.17, 15) is 0 Å². The number of nitrogens with one attached hydrogen (secondary N) is 1. The zero-order chi connectivity index (χ0) is 25.3. The highest BCUT2D eigenvalue weighted by molar-refractivity contribution is 8.01. The number of ether oxygens (including phenoxy) is 1. The molecule has 0 aliphatic heterocycles. The highest BCUT2D eigenvalue weighted by Crippen LogP contribution is 2.26. The molecule has 1 unspecified atom stereocenters. The average Bonchev–Trinajstić information content (AvgIpc) is 2.82. The number of rotatable bonds is 17. The van der Waals surface area contributed by atoms with Crippen LogP contribution in [0.2, 0.25) is 0 Å². The normalized spacial score (nSPS) is 14.5. The zero-order valence-electron chi connectivity index (χ0n) is 22.2. The first-order valence-corrected chi connectivity index (χ1v) is 13.2. The Morgan fingerprint density at radius 2 is 1.85 bits per heavy atom. The second-order valence-electron chi connectivity index (χ2n) is 9.06. The van der Waals surface area contributed by atoms with E-state index in [1.807, 2.05) is 19.1 Å². The molecule has 3 nitrogen and oxygen atoms in total. The molecular formula is C30H46N2OS. The Balaban J connectivity index is 2.96. The molecule has 1 rings (SSSR count). The lowest BCUT2D eigenvalue weighted by Gasteiger charge is -2.32. The van der Waals surface area contributed by atoms with Crippen LogP contribution in [0.3, 0.4) is 0 Å². The summed E-state index contributed by atoms with van der Waals surface area (Å²) in [5, 5.41) is 3.61. The number of nitrogens with zero attached hydrogens (tertiary/aromatic N) is 1. The van der Waals surface area contributed by atoms with Gasteiger partial charge in [-0.05, 0) is 68.2 Å². The maximum atomic E-state index is 6.03. The SMILES string of the molecule is C=C/C(=C\C)SN(CC(C)C)CC(C)[C@H](Cc1ccccc1)NC(=C)OC/C(=C/C=C\C)CC. The maximum Gasteiger partial charge on any atom is 0.179 e. The third-order valence-electron chi connectivity index (χ3n) is 5.52. The van der Waals surface area contributed by atoms with Crippen molar-refractivity contribution in [1.82, 2.24) is 9.62 Å². The molecule has 0 bridgehead atoms. The smallest absolute Gasteiger partial charge is 0.179 e. The van der Waals surface area contributed by atoms with E-state index in [1.54, 1.807) is 11.9 Å². The minimum Gasteiger partial charge on any atom is -0.475 e. The van der Waals surface area contributed by atoms with E-state index in [4.69, 9.17) is 4.74 Å². The molecule has 0 amide bonds. The van der Waals surface area contributed by atoms with Crippen LogP contribution in [-0.2, 0) is 11.2 Å². The summed E-state index contributed by atoms with van der Waals surface area (Å²) in [4.78, 5) is 1.19. The molecule has 2 atom stereocenters. The Hall–Kier alpha value is -2.17. The second kappa shape index (κ2) is 17.3. The van der Waals surface area contributed by atoms with E-state index in [-0.39, 0.29) is 6.04 Å². The van der Waals surface area contributed by atoms with E-state index in [2.05, 4.69) is 106 Å². The van der Waals surface area contributed by atoms with Crippen LogP contribution in [-0.4, -0.2) is 30.0 Å². The molecule has 1 aromatic rings. The first-order chi connectivity index (χ1) is 16.3. The van der Waals surface area contributed by atoms with Gasteiger partial charge in [-0.15, -0.1) is 0 Å². The van der Waals surface area contributed by atoms with Crippen LogP contribution in [0.1, 0.15) is 53.5 Å². The predicted molar refractivity (Wildman–Crippen MR) is 152 cm³/mol. The van der Waals surface area contributed by atoms with Crippen LogP contribution in [0.5, 0.6) is 0 Å². The molecular weight excluding hydrogens is 436 g/mol. The molecule has 0 heterocycles. The first kappa shape index (κ1) is 29.9. The van der Waals surface area contributed by atoms with Crippen molar-refractivity contribution in [1.29, 1.82) is 0 Å². The van der Waals surface area contributed by atoms with Crippen molar-refractivity contribution in [2.75, 3.05) is 19.7 Å². The Bertz CT molecular complexity index is 810. The lowest BCUT2D eigenvalue weighted by Crippen LogP contribution is -2.41. The minimum atomic E-state index is 0.201. The number of hydrogen-bond acceptors (Lipinski definition) is 4. The fraction of sp³-hybridized carbons (Fsp3) is 0.467. The fourth-order valence-corrected chi connectivity index (χ4v) is 4.71. The average molecular weight is 483 g/mol. The van der Waals surface area contributed by atoms with Crippen LogP contribution in [0.15, 0.2) is 90.2 Å². The van der Waals surface area contributed by atoms with Gasteiger partial charge in [0.15, 0.2) is 5.88 Å². The summed E-state index contributed by atoms with van der Waals surface area (Å²) in [6.07, 6.45) is 12.1. The van der Waals surface area contributed by atoms with Crippen LogP contribution in [0.4, 0.5) is 0 Å². The van der Waals surface area contributed by atoms with Gasteiger partial charge in [-0.3, -0.25) is 0 Å². The van der Waals surface area contributed by atoms with Gasteiger partial charge in [0.1, 0.15) is 6.61 Å². The molecule has 0 aliphatic carbocycles. The molecule has 0 radical (unpaired) electrons. The number of benzene rings is 1. The predicted octanol–water partition coefficient (Wildman–Crippen LogP) is 7.92. The molecule has 0 aliphatic rings. The third kappa shape index (κ3) is 12.3. The maximum absolute atomic E-state index is 6.03. The zero-order valence-corrected chi connectivity index (χ0v) is 23.0. The van der Waals surface area contributed by atoms with Gasteiger partial charge in [-0.2, -0.15) is 0 Å². The Kier molecular flexibility index (Phi) is 15.2. The standard InChI is InChI=1S/C30H46N2OS/c1-9-13-17-27(10-2)23-33-26(8)31-30(20-28-18-15-14-16-19-28)25(7)22-32(21-24(5)6)34-29(11-3)12-4/h9,11-19,24-25,30-31H,3,8,10,20-23H2,1-2,4-7H3/b13-9-,27-17+,29-12+/t25?,30-/m0/s1. The van der Waals surface area contributed by atoms with Gasteiger partial charge in [-0.25, -0.2) is 4.31 Å². The Morgan fingerprint density at radius 3 is 2.41 bits per heavy atom. The van der Waals surface area contributed by atoms with Crippen molar-refractivity contribution < 1.29 is 4.74 Å². The van der Waals surface area contributed by atoms with Gasteiger partial charge in [0, 0.05) is 24.0 Å². The molecule has 0 aromatic heterocycles. The van der Waals surface area contributed by atoms with Gasteiger partial charge in [0.2, 0.25) is 0 Å². The van der Waals surface area contributed by atoms with E-state index in [0.29, 0.717) is 24.3 Å².